The van der Waals surface area contributed by atoms with Crippen molar-refractivity contribution in [2.45, 2.75) is 62.6 Å². The molecule has 3 aliphatic rings. The molecule has 52 heavy (non-hydrogen) atoms. The van der Waals surface area contributed by atoms with Crippen LogP contribution in [0.5, 0.6) is 0 Å². The minimum absolute atomic E-state index is 0.0319. The first kappa shape index (κ1) is 35.1. The Morgan fingerprint density at radius 1 is 0.904 bits per heavy atom. The lowest BCUT2D eigenvalue weighted by molar-refractivity contribution is -0.134. The molecule has 0 spiro atoms. The zero-order chi connectivity index (χ0) is 36.4. The number of hydrogen-bond donors (Lipinski definition) is 4. The van der Waals surface area contributed by atoms with E-state index < -0.39 is 29.8 Å². The van der Waals surface area contributed by atoms with Crippen molar-refractivity contribution in [1.29, 1.82) is 0 Å². The zero-order valence-corrected chi connectivity index (χ0v) is 29.0. The van der Waals surface area contributed by atoms with Crippen LogP contribution in [0.15, 0.2) is 54.9 Å². The molecule has 274 valence electrons. The summed E-state index contributed by atoms with van der Waals surface area (Å²) in [5, 5.41) is 2.65. The van der Waals surface area contributed by atoms with Gasteiger partial charge >= 0.3 is 6.09 Å². The number of H-pyrrole nitrogens is 2. The Labute approximate surface area is 299 Å². The van der Waals surface area contributed by atoms with Gasteiger partial charge in [0.05, 0.1) is 37.6 Å². The summed E-state index contributed by atoms with van der Waals surface area (Å²) in [7, 11) is 1.24. The Hall–Kier alpha value is -5.31. The number of amides is 3. The molecule has 3 saturated heterocycles. The van der Waals surface area contributed by atoms with Crippen molar-refractivity contribution in [2.75, 3.05) is 44.7 Å². The fourth-order valence-electron chi connectivity index (χ4n) is 7.88. The van der Waals surface area contributed by atoms with Crippen LogP contribution in [0.25, 0.3) is 11.3 Å². The number of nitrogens with one attached hydrogen (secondary N) is 3. The molecule has 3 atom stereocenters. The van der Waals surface area contributed by atoms with Crippen LogP contribution in [-0.4, -0.2) is 87.5 Å². The Balaban J connectivity index is 1.02. The third kappa shape index (κ3) is 6.96. The molecule has 2 aromatic carbocycles. The largest absolute Gasteiger partial charge is 0.453 e. The van der Waals surface area contributed by atoms with E-state index in [1.54, 1.807) is 39.0 Å². The number of likely N-dealkylation sites (tertiary alicyclic amines) is 2. The maximum absolute atomic E-state index is 15.7. The number of nitrogens with two attached hydrogens (primary N) is 1. The summed E-state index contributed by atoms with van der Waals surface area (Å²) < 4.78 is 36.2. The number of anilines is 1. The van der Waals surface area contributed by atoms with Gasteiger partial charge in [-0.05, 0) is 56.2 Å². The SMILES string of the molecule is COC(=O)N[C@@H](C(=O)N1CCC[C@H]1c1ncc(-c2cc(F)c(N3CCC(c4cnc([C@@H]5CCCN5C(=O)CN)[nH]4)CC3)c(F)c2)[nH]1)c1ccccc1. The lowest BCUT2D eigenvalue weighted by Crippen LogP contribution is -2.42. The number of imidazole rings is 2. The summed E-state index contributed by atoms with van der Waals surface area (Å²) in [6, 6.07) is 10.0. The predicted octanol–water partition coefficient (Wildman–Crippen LogP) is 4.85. The fraction of sp³-hybridized carbons (Fsp3) is 0.432. The van der Waals surface area contributed by atoms with Crippen LogP contribution in [0.2, 0.25) is 0 Å². The zero-order valence-electron chi connectivity index (χ0n) is 29.0. The summed E-state index contributed by atoms with van der Waals surface area (Å²) in [5.74, 6) is -0.347. The van der Waals surface area contributed by atoms with Crippen LogP contribution in [0, 0.1) is 11.6 Å². The molecule has 0 bridgehead atoms. The number of benzene rings is 2. The molecule has 7 rings (SSSR count). The Kier molecular flexibility index (Phi) is 10.2. The summed E-state index contributed by atoms with van der Waals surface area (Å²) in [4.78, 5) is 59.2. The number of carbonyl (C=O) groups excluding carboxylic acids is 3. The Bertz CT molecular complexity index is 1890. The van der Waals surface area contributed by atoms with E-state index >= 15 is 8.78 Å². The van der Waals surface area contributed by atoms with Gasteiger partial charge in [-0.1, -0.05) is 30.3 Å². The van der Waals surface area contributed by atoms with Crippen molar-refractivity contribution < 1.29 is 27.9 Å². The van der Waals surface area contributed by atoms with Gasteiger partial charge in [-0.3, -0.25) is 9.59 Å². The maximum atomic E-state index is 15.7. The molecule has 5 N–H and O–H groups in total. The van der Waals surface area contributed by atoms with Crippen LogP contribution in [0.3, 0.4) is 0 Å². The van der Waals surface area contributed by atoms with Gasteiger partial charge in [0.25, 0.3) is 5.91 Å². The molecule has 13 nitrogen and oxygen atoms in total. The second-order valence-corrected chi connectivity index (χ2v) is 13.6. The maximum Gasteiger partial charge on any atom is 0.407 e. The first-order chi connectivity index (χ1) is 25.2. The number of piperidine rings is 1. The standard InChI is InChI=1S/C37H43F2N9O4/c1-52-37(51)45-32(23-7-3-2-4-8-23)36(50)48-14-6-10-30(48)35-42-21-28(44-35)24-17-25(38)33(26(39)18-24)46-15-11-22(12-16-46)27-20-41-34(43-27)29-9-5-13-47(29)31(49)19-40/h2-4,7-8,17-18,20-22,29-30,32H,5-6,9-16,19,40H2,1H3,(H,41,43)(H,42,44)(H,45,51)/t29-,30-,32+/m0/s1. The predicted molar refractivity (Wildman–Crippen MR) is 188 cm³/mol. The minimum atomic E-state index is -0.960. The van der Waals surface area contributed by atoms with E-state index in [0.29, 0.717) is 68.1 Å². The molecule has 3 amide bonds. The highest BCUT2D eigenvalue weighted by molar-refractivity contribution is 5.87. The molecule has 0 unspecified atom stereocenters. The molecule has 15 heteroatoms. The second-order valence-electron chi connectivity index (χ2n) is 13.6. The smallest absolute Gasteiger partial charge is 0.407 e. The first-order valence-electron chi connectivity index (χ1n) is 17.8. The van der Waals surface area contributed by atoms with Crippen LogP contribution in [-0.2, 0) is 14.3 Å². The van der Waals surface area contributed by atoms with E-state index in [1.165, 1.54) is 25.4 Å². The molecule has 3 aliphatic heterocycles. The molecule has 0 radical (unpaired) electrons. The lowest BCUT2D eigenvalue weighted by Gasteiger charge is -2.33. The summed E-state index contributed by atoms with van der Waals surface area (Å²) >= 11 is 0. The molecule has 3 fully saturated rings. The van der Waals surface area contributed by atoms with Crippen molar-refractivity contribution >= 4 is 23.6 Å². The topological polar surface area (TPSA) is 166 Å². The third-order valence-corrected chi connectivity index (χ3v) is 10.5. The second kappa shape index (κ2) is 15.1. The normalized spacial score (nSPS) is 20.0. The number of carbonyl (C=O) groups is 3. The van der Waals surface area contributed by atoms with Gasteiger partial charge < -0.3 is 40.5 Å². The Morgan fingerprint density at radius 3 is 2.21 bits per heavy atom. The highest BCUT2D eigenvalue weighted by Gasteiger charge is 2.37. The van der Waals surface area contributed by atoms with Crippen LogP contribution in [0.1, 0.15) is 85.5 Å². The van der Waals surface area contributed by atoms with Crippen molar-refractivity contribution in [1.82, 2.24) is 35.1 Å². The van der Waals surface area contributed by atoms with Gasteiger partial charge in [-0.25, -0.2) is 23.5 Å². The number of nitrogens with zero attached hydrogens (tertiary/aromatic N) is 5. The molecule has 5 heterocycles. The molecule has 0 aliphatic carbocycles. The van der Waals surface area contributed by atoms with Crippen molar-refractivity contribution in [3.63, 3.8) is 0 Å². The number of aromatic nitrogens is 4. The van der Waals surface area contributed by atoms with E-state index in [0.717, 1.165) is 30.8 Å². The highest BCUT2D eigenvalue weighted by Crippen LogP contribution is 2.38. The first-order valence-corrected chi connectivity index (χ1v) is 17.8. The van der Waals surface area contributed by atoms with E-state index in [4.69, 9.17) is 10.5 Å². The molecule has 2 aromatic heterocycles. The number of hydrogen-bond acceptors (Lipinski definition) is 8. The molecular weight excluding hydrogens is 672 g/mol. The van der Waals surface area contributed by atoms with Gasteiger partial charge in [0, 0.05) is 49.6 Å². The van der Waals surface area contributed by atoms with Crippen LogP contribution in [0.4, 0.5) is 19.3 Å². The lowest BCUT2D eigenvalue weighted by atomic mass is 9.93. The fourth-order valence-corrected chi connectivity index (χ4v) is 7.88. The highest BCUT2D eigenvalue weighted by atomic mass is 19.1. The quantitative estimate of drug-likeness (QED) is 0.191. The summed E-state index contributed by atoms with van der Waals surface area (Å²) in [5.41, 5.74) is 7.84. The molecular formula is C37H43F2N9O4. The van der Waals surface area contributed by atoms with E-state index in [-0.39, 0.29) is 36.0 Å². The van der Waals surface area contributed by atoms with Crippen LogP contribution >= 0.6 is 0 Å². The Morgan fingerprint density at radius 2 is 1.54 bits per heavy atom. The average Bonchev–Trinajstić information content (AvgIpc) is 4.00. The number of aromatic amines is 2. The molecule has 0 saturated carbocycles. The number of halogens is 2. The third-order valence-electron chi connectivity index (χ3n) is 10.5. The summed E-state index contributed by atoms with van der Waals surface area (Å²) in [6.45, 7) is 2.01. The van der Waals surface area contributed by atoms with Gasteiger partial charge in [0.1, 0.15) is 35.0 Å². The number of ether oxygens (including phenoxy) is 1. The van der Waals surface area contributed by atoms with E-state index in [1.807, 2.05) is 12.3 Å². The van der Waals surface area contributed by atoms with Gasteiger partial charge in [-0.15, -0.1) is 0 Å². The number of alkyl carbamates (subject to hydrolysis) is 1. The minimum Gasteiger partial charge on any atom is -0.453 e. The number of rotatable bonds is 9. The van der Waals surface area contributed by atoms with E-state index in [9.17, 15) is 14.4 Å². The number of methoxy groups -OCH3 is 1. The van der Waals surface area contributed by atoms with Gasteiger partial charge in [-0.2, -0.15) is 0 Å². The van der Waals surface area contributed by atoms with Crippen LogP contribution < -0.4 is 16.0 Å². The van der Waals surface area contributed by atoms with Crippen molar-refractivity contribution in [2.24, 2.45) is 5.73 Å². The van der Waals surface area contributed by atoms with E-state index in [2.05, 4.69) is 25.3 Å². The van der Waals surface area contributed by atoms with Crippen molar-refractivity contribution in [3.8, 4) is 11.3 Å². The van der Waals surface area contributed by atoms with Crippen molar-refractivity contribution in [3.05, 3.63) is 89.4 Å². The molecule has 4 aromatic rings. The average molecular weight is 716 g/mol. The van der Waals surface area contributed by atoms with Gasteiger partial charge in [0.15, 0.2) is 0 Å². The monoisotopic (exact) mass is 715 g/mol. The van der Waals surface area contributed by atoms with Gasteiger partial charge in [0.2, 0.25) is 5.91 Å². The summed E-state index contributed by atoms with van der Waals surface area (Å²) in [6.07, 6.45) is 7.04.